The number of benzene rings is 2. The molecule has 2 aromatic rings. The third-order valence-corrected chi connectivity index (χ3v) is 6.52. The van der Waals surface area contributed by atoms with Crippen molar-refractivity contribution < 1.29 is 38.6 Å². The van der Waals surface area contributed by atoms with Crippen molar-refractivity contribution in [3.8, 4) is 11.8 Å². The predicted molar refractivity (Wildman–Crippen MR) is 138 cm³/mol. The Bertz CT molecular complexity index is 1250. The number of nitrogens with one attached hydrogen (secondary N) is 2. The number of hydrogen-bond donors (Lipinski definition) is 4. The molecule has 0 aromatic heterocycles. The minimum Gasteiger partial charge on any atom is -0.393 e. The third kappa shape index (κ3) is 6.99. The van der Waals surface area contributed by atoms with Crippen molar-refractivity contribution in [2.24, 2.45) is 0 Å². The van der Waals surface area contributed by atoms with Gasteiger partial charge in [0.15, 0.2) is 11.8 Å². The Hall–Kier alpha value is -3.82. The van der Waals surface area contributed by atoms with Gasteiger partial charge in [-0.15, -0.1) is 0 Å². The fraction of sp³-hybridized carbons (Fsp3) is 0.393. The van der Waals surface area contributed by atoms with E-state index in [1.807, 2.05) is 0 Å². The van der Waals surface area contributed by atoms with Crippen LogP contribution in [0.4, 0.5) is 4.39 Å². The van der Waals surface area contributed by atoms with Gasteiger partial charge in [-0.25, -0.2) is 14.7 Å². The van der Waals surface area contributed by atoms with Gasteiger partial charge in [0.25, 0.3) is 17.7 Å². The fourth-order valence-electron chi connectivity index (χ4n) is 3.88. The van der Waals surface area contributed by atoms with Crippen LogP contribution in [0.15, 0.2) is 42.5 Å². The standard InChI is InChI=1S/C28H32FN3O7/c1-28(26(36)30-2,27(37)31-39-24-6-4-5-15-38-24)32(3)25(35)20-12-9-18(10-13-20)7-8-19-11-14-21(22(29)16-19)23(34)17-33/h9-14,16,23-24,33-34H,4-6,15,17H2,1-3H3,(H,30,36)(H,31,37). The molecular formula is C28H32FN3O7. The van der Waals surface area contributed by atoms with Gasteiger partial charge >= 0.3 is 0 Å². The van der Waals surface area contributed by atoms with Gasteiger partial charge in [-0.1, -0.05) is 17.9 Å². The lowest BCUT2D eigenvalue weighted by Gasteiger charge is -2.36. The highest BCUT2D eigenvalue weighted by Gasteiger charge is 2.47. The molecule has 4 N–H and O–H groups in total. The minimum atomic E-state index is -1.93. The van der Waals surface area contributed by atoms with Crippen LogP contribution < -0.4 is 10.8 Å². The van der Waals surface area contributed by atoms with E-state index in [9.17, 15) is 23.9 Å². The summed E-state index contributed by atoms with van der Waals surface area (Å²) in [5.74, 6) is 2.83. The van der Waals surface area contributed by atoms with Crippen LogP contribution in [0.5, 0.6) is 0 Å². The number of ether oxygens (including phenoxy) is 1. The smallest absolute Gasteiger partial charge is 0.279 e. The van der Waals surface area contributed by atoms with Gasteiger partial charge in [0, 0.05) is 49.4 Å². The van der Waals surface area contributed by atoms with E-state index in [0.717, 1.165) is 23.8 Å². The van der Waals surface area contributed by atoms with Gasteiger partial charge in [-0.05, 0) is 56.2 Å². The monoisotopic (exact) mass is 541 g/mol. The summed E-state index contributed by atoms with van der Waals surface area (Å²) in [6, 6.07) is 10.2. The summed E-state index contributed by atoms with van der Waals surface area (Å²) in [5.41, 5.74) is 1.40. The zero-order chi connectivity index (χ0) is 28.6. The molecule has 1 aliphatic heterocycles. The summed E-state index contributed by atoms with van der Waals surface area (Å²) in [6.45, 7) is 1.22. The molecule has 3 rings (SSSR count). The topological polar surface area (TPSA) is 137 Å². The Balaban J connectivity index is 1.73. The maximum atomic E-state index is 14.2. The van der Waals surface area contributed by atoms with Crippen molar-refractivity contribution in [3.05, 3.63) is 70.5 Å². The number of hydrogen-bond acceptors (Lipinski definition) is 7. The second kappa shape index (κ2) is 13.3. The van der Waals surface area contributed by atoms with Crippen LogP contribution in [0.3, 0.4) is 0 Å². The van der Waals surface area contributed by atoms with E-state index >= 15 is 0 Å². The molecule has 1 fully saturated rings. The summed E-state index contributed by atoms with van der Waals surface area (Å²) in [6.07, 6.45) is 0.420. The normalized spacial score (nSPS) is 17.1. The van der Waals surface area contributed by atoms with Gasteiger partial charge in [0.2, 0.25) is 0 Å². The number of aliphatic hydroxyl groups is 2. The van der Waals surface area contributed by atoms with Crippen molar-refractivity contribution in [2.45, 2.75) is 44.1 Å². The number of likely N-dealkylation sites (N-methyl/N-ethyl adjacent to an activating group) is 2. The number of carbonyl (C=O) groups is 3. The number of halogens is 1. The highest BCUT2D eigenvalue weighted by molar-refractivity contribution is 6.12. The third-order valence-electron chi connectivity index (χ3n) is 6.52. The van der Waals surface area contributed by atoms with E-state index in [4.69, 9.17) is 14.7 Å². The maximum absolute atomic E-state index is 14.2. The average molecular weight is 542 g/mol. The minimum absolute atomic E-state index is 0.0265. The Labute approximate surface area is 226 Å². The zero-order valence-corrected chi connectivity index (χ0v) is 22.0. The molecule has 0 bridgehead atoms. The molecular weight excluding hydrogens is 509 g/mol. The molecule has 3 unspecified atom stereocenters. The Morgan fingerprint density at radius 1 is 1.15 bits per heavy atom. The molecule has 1 aliphatic rings. The van der Waals surface area contributed by atoms with Crippen molar-refractivity contribution in [1.29, 1.82) is 0 Å². The van der Waals surface area contributed by atoms with Crippen LogP contribution in [0.1, 0.15) is 59.3 Å². The summed E-state index contributed by atoms with van der Waals surface area (Å²) in [5, 5.41) is 21.0. The Kier molecular flexibility index (Phi) is 10.1. The second-order valence-corrected chi connectivity index (χ2v) is 9.12. The molecule has 10 nitrogen and oxygen atoms in total. The van der Waals surface area contributed by atoms with Crippen molar-refractivity contribution in [3.63, 3.8) is 0 Å². The number of hydroxylamine groups is 1. The second-order valence-electron chi connectivity index (χ2n) is 9.12. The highest BCUT2D eigenvalue weighted by Crippen LogP contribution is 2.20. The molecule has 1 saturated heterocycles. The summed E-state index contributed by atoms with van der Waals surface area (Å²) >= 11 is 0. The van der Waals surface area contributed by atoms with Gasteiger partial charge in [0.05, 0.1) is 6.61 Å². The quantitative estimate of drug-likeness (QED) is 0.225. The summed E-state index contributed by atoms with van der Waals surface area (Å²) < 4.78 is 19.6. The number of carbonyl (C=O) groups excluding carboxylic acids is 3. The lowest BCUT2D eigenvalue weighted by molar-refractivity contribution is -0.204. The number of amides is 3. The number of aliphatic hydroxyl groups excluding tert-OH is 2. The van der Waals surface area contributed by atoms with Crippen molar-refractivity contribution in [2.75, 3.05) is 27.3 Å². The largest absolute Gasteiger partial charge is 0.393 e. The zero-order valence-electron chi connectivity index (χ0n) is 22.0. The molecule has 11 heteroatoms. The molecule has 3 amide bonds. The van der Waals surface area contributed by atoms with Crippen LogP contribution in [-0.4, -0.2) is 72.0 Å². The first-order valence-corrected chi connectivity index (χ1v) is 12.4. The lowest BCUT2D eigenvalue weighted by atomic mass is 9.96. The predicted octanol–water partition coefficient (Wildman–Crippen LogP) is 1.40. The average Bonchev–Trinajstić information content (AvgIpc) is 2.97. The molecule has 0 aliphatic carbocycles. The van der Waals surface area contributed by atoms with E-state index < -0.39 is 48.1 Å². The lowest BCUT2D eigenvalue weighted by Crippen LogP contribution is -2.65. The molecule has 0 saturated carbocycles. The maximum Gasteiger partial charge on any atom is 0.279 e. The van der Waals surface area contributed by atoms with E-state index in [-0.39, 0.29) is 11.1 Å². The Morgan fingerprint density at radius 2 is 1.82 bits per heavy atom. The molecule has 3 atom stereocenters. The first-order valence-electron chi connectivity index (χ1n) is 12.4. The van der Waals surface area contributed by atoms with Crippen molar-refractivity contribution >= 4 is 17.7 Å². The van der Waals surface area contributed by atoms with E-state index in [0.29, 0.717) is 24.2 Å². The Morgan fingerprint density at radius 3 is 2.41 bits per heavy atom. The van der Waals surface area contributed by atoms with E-state index in [1.165, 1.54) is 45.3 Å². The summed E-state index contributed by atoms with van der Waals surface area (Å²) in [7, 11) is 2.70. The molecule has 0 radical (unpaired) electrons. The van der Waals surface area contributed by atoms with Crippen molar-refractivity contribution in [1.82, 2.24) is 15.7 Å². The van der Waals surface area contributed by atoms with Crippen LogP contribution in [0.2, 0.25) is 0 Å². The van der Waals surface area contributed by atoms with Gasteiger partial charge in [-0.3, -0.25) is 14.4 Å². The van der Waals surface area contributed by atoms with Crippen LogP contribution in [-0.2, 0) is 19.2 Å². The van der Waals surface area contributed by atoms with E-state index in [1.54, 1.807) is 12.1 Å². The molecule has 0 spiro atoms. The fourth-order valence-corrected chi connectivity index (χ4v) is 3.88. The van der Waals surface area contributed by atoms with Crippen LogP contribution in [0, 0.1) is 17.7 Å². The SMILES string of the molecule is CNC(=O)C(C)(C(=O)NOC1CCCCO1)N(C)C(=O)c1ccc(C#Cc2ccc(C(O)CO)c(F)c2)cc1. The van der Waals surface area contributed by atoms with Crippen LogP contribution in [0.25, 0.3) is 0 Å². The highest BCUT2D eigenvalue weighted by atomic mass is 19.1. The first-order chi connectivity index (χ1) is 18.6. The summed E-state index contributed by atoms with van der Waals surface area (Å²) in [4.78, 5) is 45.4. The number of nitrogens with zero attached hydrogens (tertiary/aromatic N) is 1. The first kappa shape index (κ1) is 29.7. The molecule has 39 heavy (non-hydrogen) atoms. The van der Waals surface area contributed by atoms with Crippen LogP contribution >= 0.6 is 0 Å². The number of rotatable bonds is 8. The van der Waals surface area contributed by atoms with Gasteiger partial charge in [0.1, 0.15) is 11.9 Å². The molecule has 1 heterocycles. The molecule has 2 aromatic carbocycles. The van der Waals surface area contributed by atoms with Gasteiger partial charge < -0.3 is 25.2 Å². The van der Waals surface area contributed by atoms with Gasteiger partial charge in [-0.2, -0.15) is 0 Å². The molecule has 208 valence electrons. The van der Waals surface area contributed by atoms with E-state index in [2.05, 4.69) is 22.6 Å².